The number of pyridine rings is 1. The van der Waals surface area contributed by atoms with Crippen LogP contribution in [-0.4, -0.2) is 48.8 Å². The van der Waals surface area contributed by atoms with Crippen LogP contribution in [0.4, 0.5) is 4.39 Å². The minimum atomic E-state index is -0.357. The van der Waals surface area contributed by atoms with Crippen molar-refractivity contribution in [2.75, 3.05) is 13.1 Å². The Labute approximate surface area is 183 Å². The molecule has 1 aliphatic heterocycles. The van der Waals surface area contributed by atoms with Gasteiger partial charge in [0.15, 0.2) is 5.82 Å². The minimum Gasteiger partial charge on any atom is -0.339 e. The lowest BCUT2D eigenvalue weighted by molar-refractivity contribution is 0.0695. The van der Waals surface area contributed by atoms with Gasteiger partial charge in [-0.25, -0.2) is 14.1 Å². The summed E-state index contributed by atoms with van der Waals surface area (Å²) in [6, 6.07) is 11.6. The number of hydrogen-bond acceptors (Lipinski definition) is 6. The quantitative estimate of drug-likeness (QED) is 0.487. The lowest BCUT2D eigenvalue weighted by atomic mass is 9.97. The highest BCUT2D eigenvalue weighted by atomic mass is 19.1. The van der Waals surface area contributed by atoms with Crippen molar-refractivity contribution in [2.45, 2.75) is 25.7 Å². The van der Waals surface area contributed by atoms with E-state index in [4.69, 9.17) is 4.52 Å². The zero-order valence-corrected chi connectivity index (χ0v) is 17.5. The minimum absolute atomic E-state index is 0.0753. The van der Waals surface area contributed by atoms with Gasteiger partial charge in [0.25, 0.3) is 5.91 Å². The number of likely N-dealkylation sites (tertiary alicyclic amines) is 1. The third-order valence-corrected chi connectivity index (χ3v) is 5.69. The third kappa shape index (κ3) is 3.77. The molecule has 1 aromatic carbocycles. The largest absolute Gasteiger partial charge is 0.339 e. The van der Waals surface area contributed by atoms with Crippen LogP contribution in [0.3, 0.4) is 0 Å². The molecular formula is C23H21FN6O2. The van der Waals surface area contributed by atoms with E-state index in [9.17, 15) is 9.18 Å². The first-order valence-corrected chi connectivity index (χ1v) is 10.4. The molecule has 0 aliphatic carbocycles. The van der Waals surface area contributed by atoms with Crippen molar-refractivity contribution in [3.05, 3.63) is 77.8 Å². The second kappa shape index (κ2) is 8.33. The fourth-order valence-electron chi connectivity index (χ4n) is 4.01. The van der Waals surface area contributed by atoms with E-state index in [1.165, 1.54) is 12.1 Å². The number of amides is 1. The molecule has 1 atom stereocenters. The highest BCUT2D eigenvalue weighted by Gasteiger charge is 2.30. The summed E-state index contributed by atoms with van der Waals surface area (Å²) in [5, 5.41) is 8.36. The van der Waals surface area contributed by atoms with Crippen molar-refractivity contribution in [1.29, 1.82) is 0 Å². The average Bonchev–Trinajstić information content (AvgIpc) is 3.47. The monoisotopic (exact) mass is 432 g/mol. The second-order valence-corrected chi connectivity index (χ2v) is 7.80. The number of hydrogen-bond donors (Lipinski definition) is 0. The summed E-state index contributed by atoms with van der Waals surface area (Å²) >= 11 is 0. The molecule has 1 saturated heterocycles. The van der Waals surface area contributed by atoms with Crippen LogP contribution < -0.4 is 0 Å². The molecule has 0 radical (unpaired) electrons. The molecule has 0 spiro atoms. The van der Waals surface area contributed by atoms with Crippen molar-refractivity contribution < 1.29 is 13.7 Å². The van der Waals surface area contributed by atoms with Crippen LogP contribution in [-0.2, 0) is 0 Å². The molecule has 5 rings (SSSR count). The average molecular weight is 432 g/mol. The van der Waals surface area contributed by atoms with Gasteiger partial charge in [0.05, 0.1) is 23.4 Å². The van der Waals surface area contributed by atoms with E-state index in [0.717, 1.165) is 18.5 Å². The number of carbonyl (C=O) groups excluding carboxylic acids is 1. The summed E-state index contributed by atoms with van der Waals surface area (Å²) in [6.07, 6.45) is 4.93. The molecule has 162 valence electrons. The van der Waals surface area contributed by atoms with Gasteiger partial charge in [0.1, 0.15) is 5.82 Å². The van der Waals surface area contributed by atoms with E-state index >= 15 is 0 Å². The molecule has 4 heterocycles. The molecule has 1 unspecified atom stereocenters. The number of carbonyl (C=O) groups is 1. The Morgan fingerprint density at radius 3 is 2.94 bits per heavy atom. The van der Waals surface area contributed by atoms with Gasteiger partial charge in [-0.2, -0.15) is 10.1 Å². The zero-order chi connectivity index (χ0) is 22.1. The first kappa shape index (κ1) is 20.0. The number of nitrogens with zero attached hydrogens (tertiary/aromatic N) is 6. The van der Waals surface area contributed by atoms with Gasteiger partial charge in [0.2, 0.25) is 11.7 Å². The predicted molar refractivity (Wildman–Crippen MR) is 114 cm³/mol. The molecule has 3 aromatic heterocycles. The van der Waals surface area contributed by atoms with Crippen LogP contribution in [0.2, 0.25) is 0 Å². The summed E-state index contributed by atoms with van der Waals surface area (Å²) in [6.45, 7) is 2.98. The molecular weight excluding hydrogens is 411 g/mol. The van der Waals surface area contributed by atoms with Gasteiger partial charge < -0.3 is 9.42 Å². The Hall–Kier alpha value is -3.88. The maximum Gasteiger partial charge on any atom is 0.257 e. The molecule has 1 amide bonds. The SMILES string of the molecule is Cc1c(C(=O)N2CCCC(c3nc(-c4cccc(F)c4)no3)C2)cnn1-c1ccccn1. The lowest BCUT2D eigenvalue weighted by Crippen LogP contribution is -2.39. The number of halogens is 1. The van der Waals surface area contributed by atoms with Gasteiger partial charge in [-0.15, -0.1) is 0 Å². The molecule has 0 bridgehead atoms. The highest BCUT2D eigenvalue weighted by molar-refractivity contribution is 5.95. The molecule has 4 aromatic rings. The van der Waals surface area contributed by atoms with E-state index in [1.54, 1.807) is 34.1 Å². The van der Waals surface area contributed by atoms with Crippen molar-refractivity contribution in [3.63, 3.8) is 0 Å². The van der Waals surface area contributed by atoms with Gasteiger partial charge in [-0.3, -0.25) is 4.79 Å². The standard InChI is InChI=1S/C23H21FN6O2/c1-15-19(13-26-30(15)20-9-2-3-10-25-20)23(31)29-11-5-7-17(14-29)22-27-21(28-32-22)16-6-4-8-18(24)12-16/h2-4,6,8-10,12-13,17H,5,7,11,14H2,1H3. The zero-order valence-electron chi connectivity index (χ0n) is 17.5. The maximum absolute atomic E-state index is 13.5. The summed E-state index contributed by atoms with van der Waals surface area (Å²) in [5.74, 6) is 0.951. The Morgan fingerprint density at radius 2 is 2.12 bits per heavy atom. The summed E-state index contributed by atoms with van der Waals surface area (Å²) in [5.41, 5.74) is 1.84. The molecule has 32 heavy (non-hydrogen) atoms. The van der Waals surface area contributed by atoms with E-state index in [2.05, 4.69) is 20.2 Å². The van der Waals surface area contributed by atoms with Gasteiger partial charge in [-0.05, 0) is 44.0 Å². The van der Waals surface area contributed by atoms with Crippen LogP contribution in [0.15, 0.2) is 59.4 Å². The molecule has 0 saturated carbocycles. The van der Waals surface area contributed by atoms with Gasteiger partial charge >= 0.3 is 0 Å². The van der Waals surface area contributed by atoms with Crippen molar-refractivity contribution >= 4 is 5.91 Å². The first-order chi connectivity index (χ1) is 15.6. The highest BCUT2D eigenvalue weighted by Crippen LogP contribution is 2.29. The topological polar surface area (TPSA) is 89.9 Å². The first-order valence-electron chi connectivity index (χ1n) is 10.4. The van der Waals surface area contributed by atoms with Crippen LogP contribution in [0.1, 0.15) is 40.7 Å². The van der Waals surface area contributed by atoms with Crippen LogP contribution in [0, 0.1) is 12.7 Å². The maximum atomic E-state index is 13.5. The van der Waals surface area contributed by atoms with Crippen LogP contribution in [0.5, 0.6) is 0 Å². The van der Waals surface area contributed by atoms with Crippen molar-refractivity contribution in [3.8, 4) is 17.2 Å². The molecule has 1 fully saturated rings. The number of rotatable bonds is 4. The van der Waals surface area contributed by atoms with Crippen molar-refractivity contribution in [1.82, 2.24) is 29.8 Å². The van der Waals surface area contributed by atoms with E-state index < -0.39 is 0 Å². The molecule has 9 heteroatoms. The molecule has 1 aliphatic rings. The third-order valence-electron chi connectivity index (χ3n) is 5.69. The van der Waals surface area contributed by atoms with E-state index in [0.29, 0.717) is 41.7 Å². The molecule has 8 nitrogen and oxygen atoms in total. The number of benzene rings is 1. The predicted octanol–water partition coefficient (Wildman–Crippen LogP) is 3.78. The summed E-state index contributed by atoms with van der Waals surface area (Å²) < 4.78 is 20.7. The number of aromatic nitrogens is 5. The lowest BCUT2D eigenvalue weighted by Gasteiger charge is -2.31. The fraction of sp³-hybridized carbons (Fsp3) is 0.261. The van der Waals surface area contributed by atoms with Gasteiger partial charge in [-0.1, -0.05) is 23.4 Å². The normalized spacial score (nSPS) is 16.3. The molecule has 0 N–H and O–H groups in total. The summed E-state index contributed by atoms with van der Waals surface area (Å²) in [7, 11) is 0. The Balaban J connectivity index is 1.34. The Bertz CT molecular complexity index is 1250. The van der Waals surface area contributed by atoms with E-state index in [-0.39, 0.29) is 17.6 Å². The Kier molecular flexibility index (Phi) is 5.22. The van der Waals surface area contributed by atoms with Crippen molar-refractivity contribution in [2.24, 2.45) is 0 Å². The Morgan fingerprint density at radius 1 is 1.22 bits per heavy atom. The summed E-state index contributed by atoms with van der Waals surface area (Å²) in [4.78, 5) is 23.8. The smallest absolute Gasteiger partial charge is 0.257 e. The fourth-order valence-corrected chi connectivity index (χ4v) is 4.01. The second-order valence-electron chi connectivity index (χ2n) is 7.80. The van der Waals surface area contributed by atoms with Crippen LogP contribution >= 0.6 is 0 Å². The van der Waals surface area contributed by atoms with Gasteiger partial charge in [0, 0.05) is 24.8 Å². The number of piperidine rings is 1. The van der Waals surface area contributed by atoms with Crippen LogP contribution in [0.25, 0.3) is 17.2 Å². The van der Waals surface area contributed by atoms with E-state index in [1.807, 2.05) is 25.1 Å².